The predicted octanol–water partition coefficient (Wildman–Crippen LogP) is 2.89. The van der Waals surface area contributed by atoms with Crippen molar-refractivity contribution < 1.29 is 29.0 Å². The fourth-order valence-electron chi connectivity index (χ4n) is 4.33. The van der Waals surface area contributed by atoms with Gasteiger partial charge < -0.3 is 36.7 Å². The number of methoxy groups -OCH3 is 1. The van der Waals surface area contributed by atoms with Gasteiger partial charge in [-0.25, -0.2) is 0 Å². The van der Waals surface area contributed by atoms with Crippen LogP contribution in [0.4, 0.5) is 0 Å². The molecule has 0 spiro atoms. The summed E-state index contributed by atoms with van der Waals surface area (Å²) in [5, 5.41) is 16.7. The van der Waals surface area contributed by atoms with E-state index in [-0.39, 0.29) is 54.9 Å². The van der Waals surface area contributed by atoms with Crippen LogP contribution in [0, 0.1) is 29.6 Å². The maximum atomic E-state index is 13.0. The lowest BCUT2D eigenvalue weighted by Crippen LogP contribution is -2.45. The summed E-state index contributed by atoms with van der Waals surface area (Å²) in [7, 11) is 1.66. The molecule has 3 amide bonds. The summed E-state index contributed by atoms with van der Waals surface area (Å²) in [6, 6.07) is 6.58. The van der Waals surface area contributed by atoms with Gasteiger partial charge in [-0.05, 0) is 55.6 Å². The van der Waals surface area contributed by atoms with Crippen LogP contribution < -0.4 is 26.8 Å². The zero-order valence-corrected chi connectivity index (χ0v) is 26.4. The Morgan fingerprint density at radius 1 is 0.927 bits per heavy atom. The third kappa shape index (κ3) is 14.4. The maximum absolute atomic E-state index is 13.0. The fourth-order valence-corrected chi connectivity index (χ4v) is 4.33. The molecule has 0 aliphatic rings. The predicted molar refractivity (Wildman–Crippen MR) is 164 cm³/mol. The van der Waals surface area contributed by atoms with E-state index in [1.807, 2.05) is 19.9 Å². The average molecular weight is 601 g/mol. The van der Waals surface area contributed by atoms with Crippen LogP contribution in [0.2, 0.25) is 0 Å². The third-order valence-electron chi connectivity index (χ3n) is 7.37. The molecule has 0 aromatic heterocycles. The molecule has 1 aromatic rings. The molecular formula is C30H53ClN4O6. The molecule has 7 N–H and O–H groups in total. The SMILES string of the molecule is COCCCCOc1ccccc1C(=O)NCC(CC(N)[C@H](O)CC(C(=O)NCC(C)C(N)=O)C(C)C)C(C)C.Cl. The van der Waals surface area contributed by atoms with Gasteiger partial charge in [-0.15, -0.1) is 12.4 Å². The Bertz CT molecular complexity index is 917. The number of para-hydroxylation sites is 1. The first-order valence-electron chi connectivity index (χ1n) is 14.4. The van der Waals surface area contributed by atoms with Crippen LogP contribution in [0.15, 0.2) is 24.3 Å². The zero-order chi connectivity index (χ0) is 30.2. The van der Waals surface area contributed by atoms with Crippen LogP contribution in [0.3, 0.4) is 0 Å². The Balaban J connectivity index is 0.0000160. The molecule has 0 aliphatic heterocycles. The minimum Gasteiger partial charge on any atom is -0.493 e. The average Bonchev–Trinajstić information content (AvgIpc) is 2.91. The second-order valence-electron chi connectivity index (χ2n) is 11.4. The van der Waals surface area contributed by atoms with Crippen molar-refractivity contribution in [2.24, 2.45) is 41.1 Å². The number of carbonyl (C=O) groups excluding carboxylic acids is 3. The summed E-state index contributed by atoms with van der Waals surface area (Å²) in [5.74, 6) is -1.18. The van der Waals surface area contributed by atoms with Crippen molar-refractivity contribution in [1.29, 1.82) is 0 Å². The number of rotatable bonds is 20. The number of nitrogens with two attached hydrogens (primary N) is 2. The Labute approximate surface area is 252 Å². The second-order valence-corrected chi connectivity index (χ2v) is 11.4. The fraction of sp³-hybridized carbons (Fsp3) is 0.700. The van der Waals surface area contributed by atoms with E-state index in [1.54, 1.807) is 32.2 Å². The molecule has 0 heterocycles. The number of benzene rings is 1. The molecule has 1 rings (SSSR count). The van der Waals surface area contributed by atoms with E-state index in [0.29, 0.717) is 37.5 Å². The molecule has 0 aliphatic carbocycles. The summed E-state index contributed by atoms with van der Waals surface area (Å²) in [6.45, 7) is 11.3. The van der Waals surface area contributed by atoms with E-state index in [2.05, 4.69) is 24.5 Å². The van der Waals surface area contributed by atoms with Gasteiger partial charge in [0.2, 0.25) is 11.8 Å². The second kappa shape index (κ2) is 20.5. The number of ether oxygens (including phenoxy) is 2. The van der Waals surface area contributed by atoms with Crippen molar-refractivity contribution >= 4 is 30.1 Å². The number of primary amides is 1. The van der Waals surface area contributed by atoms with Crippen molar-refractivity contribution in [3.8, 4) is 5.75 Å². The van der Waals surface area contributed by atoms with Crippen molar-refractivity contribution in [1.82, 2.24) is 10.6 Å². The lowest BCUT2D eigenvalue weighted by atomic mass is 9.83. The number of hydrogen-bond acceptors (Lipinski definition) is 7. The highest BCUT2D eigenvalue weighted by Crippen LogP contribution is 2.24. The molecule has 236 valence electrons. The van der Waals surface area contributed by atoms with Gasteiger partial charge in [0, 0.05) is 38.8 Å². The van der Waals surface area contributed by atoms with Gasteiger partial charge in [0.05, 0.1) is 24.2 Å². The number of unbranched alkanes of at least 4 members (excludes halogenated alkanes) is 1. The van der Waals surface area contributed by atoms with Crippen LogP contribution in [-0.4, -0.2) is 68.4 Å². The first-order chi connectivity index (χ1) is 18.9. The van der Waals surface area contributed by atoms with Crippen LogP contribution >= 0.6 is 12.4 Å². The number of hydrogen-bond donors (Lipinski definition) is 5. The summed E-state index contributed by atoms with van der Waals surface area (Å²) in [6.07, 6.45) is 1.47. The minimum absolute atomic E-state index is 0. The Hall–Kier alpha value is -2.40. The summed E-state index contributed by atoms with van der Waals surface area (Å²) >= 11 is 0. The molecular weight excluding hydrogens is 548 g/mol. The number of aliphatic hydroxyl groups is 1. The minimum atomic E-state index is -0.907. The van der Waals surface area contributed by atoms with Crippen LogP contribution in [0.25, 0.3) is 0 Å². The Morgan fingerprint density at radius 3 is 2.15 bits per heavy atom. The van der Waals surface area contributed by atoms with E-state index in [1.165, 1.54) is 0 Å². The molecule has 41 heavy (non-hydrogen) atoms. The highest BCUT2D eigenvalue weighted by Gasteiger charge is 2.30. The Morgan fingerprint density at radius 2 is 1.56 bits per heavy atom. The van der Waals surface area contributed by atoms with Crippen LogP contribution in [0.5, 0.6) is 5.75 Å². The number of nitrogens with one attached hydrogen (secondary N) is 2. The monoisotopic (exact) mass is 600 g/mol. The lowest BCUT2D eigenvalue weighted by molar-refractivity contribution is -0.128. The van der Waals surface area contributed by atoms with E-state index in [9.17, 15) is 19.5 Å². The van der Waals surface area contributed by atoms with Crippen molar-refractivity contribution in [3.05, 3.63) is 29.8 Å². The summed E-state index contributed by atoms with van der Waals surface area (Å²) < 4.78 is 10.9. The molecule has 5 atom stereocenters. The van der Waals surface area contributed by atoms with Crippen molar-refractivity contribution in [2.45, 2.75) is 72.4 Å². The maximum Gasteiger partial charge on any atom is 0.255 e. The first-order valence-corrected chi connectivity index (χ1v) is 14.4. The smallest absolute Gasteiger partial charge is 0.255 e. The van der Waals surface area contributed by atoms with Gasteiger partial charge in [-0.1, -0.05) is 46.8 Å². The van der Waals surface area contributed by atoms with Gasteiger partial charge in [0.25, 0.3) is 5.91 Å². The van der Waals surface area contributed by atoms with Gasteiger partial charge in [-0.2, -0.15) is 0 Å². The summed E-state index contributed by atoms with van der Waals surface area (Å²) in [4.78, 5) is 37.1. The van der Waals surface area contributed by atoms with E-state index in [4.69, 9.17) is 20.9 Å². The van der Waals surface area contributed by atoms with Crippen molar-refractivity contribution in [3.63, 3.8) is 0 Å². The topological polar surface area (TPSA) is 166 Å². The van der Waals surface area contributed by atoms with Gasteiger partial charge in [-0.3, -0.25) is 14.4 Å². The number of carbonyl (C=O) groups is 3. The van der Waals surface area contributed by atoms with Crippen LogP contribution in [-0.2, 0) is 14.3 Å². The quantitative estimate of drug-likeness (QED) is 0.143. The molecule has 0 saturated heterocycles. The largest absolute Gasteiger partial charge is 0.493 e. The van der Waals surface area contributed by atoms with Gasteiger partial charge in [0.1, 0.15) is 5.75 Å². The number of aliphatic hydroxyl groups excluding tert-OH is 1. The van der Waals surface area contributed by atoms with Crippen molar-refractivity contribution in [2.75, 3.05) is 33.4 Å². The van der Waals surface area contributed by atoms with E-state index in [0.717, 1.165) is 12.8 Å². The highest BCUT2D eigenvalue weighted by molar-refractivity contribution is 5.96. The van der Waals surface area contributed by atoms with E-state index >= 15 is 0 Å². The highest BCUT2D eigenvalue weighted by atomic mass is 35.5. The number of amides is 3. The molecule has 10 nitrogen and oxygen atoms in total. The van der Waals surface area contributed by atoms with E-state index < -0.39 is 29.9 Å². The molecule has 0 bridgehead atoms. The number of halogens is 1. The molecule has 1 aromatic carbocycles. The summed E-state index contributed by atoms with van der Waals surface area (Å²) in [5.41, 5.74) is 12.2. The normalized spacial score (nSPS) is 14.9. The molecule has 4 unspecified atom stereocenters. The zero-order valence-electron chi connectivity index (χ0n) is 25.6. The molecule has 0 fully saturated rings. The lowest BCUT2D eigenvalue weighted by Gasteiger charge is -2.30. The third-order valence-corrected chi connectivity index (χ3v) is 7.37. The molecule has 11 heteroatoms. The first kappa shape index (κ1) is 38.6. The molecule has 0 radical (unpaired) electrons. The standard InChI is InChI=1S/C30H52N4O6.ClH/c1-19(2)22(18-34-29(37)23-11-7-8-12-27(23)40-14-10-9-13-39-6)15-25(31)26(35)16-24(20(3)4)30(38)33-17-21(5)28(32)36;/h7-8,11-12,19-22,24-26,35H,9-10,13-18,31H2,1-6H3,(H2,32,36)(H,33,38)(H,34,37);1H/t21?,22?,24?,25?,26-;/m1./s1. The van der Waals surface area contributed by atoms with Crippen LogP contribution in [0.1, 0.15) is 70.7 Å². The van der Waals surface area contributed by atoms with Gasteiger partial charge in [0.15, 0.2) is 0 Å². The Kier molecular flexibility index (Phi) is 19.3. The molecule has 0 saturated carbocycles. The van der Waals surface area contributed by atoms with Gasteiger partial charge >= 0.3 is 0 Å².